The summed E-state index contributed by atoms with van der Waals surface area (Å²) in [5, 5.41) is 11.1. The number of aliphatic hydroxyl groups excluding tert-OH is 1. The SMILES string of the molecule is O=C1C2Cc3c([nH]c4ccccc34)C(CO)N2C(=O)N1Cc1ccccc1. The van der Waals surface area contributed by atoms with Crippen molar-refractivity contribution in [3.05, 3.63) is 71.4 Å². The lowest BCUT2D eigenvalue weighted by Gasteiger charge is -2.34. The molecule has 2 aliphatic rings. The highest BCUT2D eigenvalue weighted by Gasteiger charge is 2.51. The predicted octanol–water partition coefficient (Wildman–Crippen LogP) is 2.59. The zero-order chi connectivity index (χ0) is 18.5. The Morgan fingerprint density at radius 2 is 1.78 bits per heavy atom. The van der Waals surface area contributed by atoms with Crippen molar-refractivity contribution in [2.45, 2.75) is 25.0 Å². The molecule has 0 saturated carbocycles. The van der Waals surface area contributed by atoms with Gasteiger partial charge in [-0.1, -0.05) is 48.5 Å². The Labute approximate surface area is 156 Å². The first-order valence-corrected chi connectivity index (χ1v) is 9.07. The molecule has 2 aliphatic heterocycles. The summed E-state index contributed by atoms with van der Waals surface area (Å²) in [5.74, 6) is -0.196. The molecular formula is C21H19N3O3. The fourth-order valence-electron chi connectivity index (χ4n) is 4.35. The number of nitrogens with zero attached hydrogens (tertiary/aromatic N) is 2. The molecule has 2 N–H and O–H groups in total. The molecule has 27 heavy (non-hydrogen) atoms. The van der Waals surface area contributed by atoms with E-state index >= 15 is 0 Å². The minimum atomic E-state index is -0.565. The van der Waals surface area contributed by atoms with E-state index in [1.54, 1.807) is 4.90 Å². The van der Waals surface area contributed by atoms with Gasteiger partial charge in [0.05, 0.1) is 19.2 Å². The molecule has 1 saturated heterocycles. The van der Waals surface area contributed by atoms with Crippen LogP contribution in [0.3, 0.4) is 0 Å². The average molecular weight is 361 g/mol. The molecule has 2 atom stereocenters. The summed E-state index contributed by atoms with van der Waals surface area (Å²) in [7, 11) is 0. The number of benzene rings is 2. The average Bonchev–Trinajstić information content (AvgIpc) is 3.18. The van der Waals surface area contributed by atoms with Gasteiger partial charge in [0.2, 0.25) is 0 Å². The van der Waals surface area contributed by atoms with Gasteiger partial charge in [-0.2, -0.15) is 0 Å². The van der Waals surface area contributed by atoms with Crippen LogP contribution in [0.15, 0.2) is 54.6 Å². The van der Waals surface area contributed by atoms with E-state index in [1.165, 1.54) is 4.90 Å². The van der Waals surface area contributed by atoms with Crippen molar-refractivity contribution < 1.29 is 14.7 Å². The van der Waals surface area contributed by atoms with Crippen LogP contribution in [0.25, 0.3) is 10.9 Å². The highest BCUT2D eigenvalue weighted by molar-refractivity contribution is 6.05. The molecule has 2 aromatic carbocycles. The topological polar surface area (TPSA) is 76.6 Å². The monoisotopic (exact) mass is 361 g/mol. The van der Waals surface area contributed by atoms with E-state index < -0.39 is 12.1 Å². The lowest BCUT2D eigenvalue weighted by Crippen LogP contribution is -2.44. The molecule has 0 aliphatic carbocycles. The molecule has 136 valence electrons. The molecule has 1 fully saturated rings. The van der Waals surface area contributed by atoms with Crippen molar-refractivity contribution in [3.63, 3.8) is 0 Å². The molecular weight excluding hydrogens is 342 g/mol. The van der Waals surface area contributed by atoms with Gasteiger partial charge in [-0.3, -0.25) is 9.69 Å². The first kappa shape index (κ1) is 16.1. The van der Waals surface area contributed by atoms with Crippen molar-refractivity contribution in [2.75, 3.05) is 6.61 Å². The van der Waals surface area contributed by atoms with E-state index in [1.807, 2.05) is 54.6 Å². The second-order valence-corrected chi connectivity index (χ2v) is 7.08. The number of H-pyrrole nitrogens is 1. The van der Waals surface area contributed by atoms with Gasteiger partial charge < -0.3 is 15.0 Å². The molecule has 0 radical (unpaired) electrons. The Bertz CT molecular complexity index is 1040. The number of imide groups is 1. The quantitative estimate of drug-likeness (QED) is 0.704. The van der Waals surface area contributed by atoms with Gasteiger partial charge in [-0.25, -0.2) is 4.79 Å². The number of aromatic nitrogens is 1. The zero-order valence-electron chi connectivity index (χ0n) is 14.6. The number of rotatable bonds is 3. The van der Waals surface area contributed by atoms with Gasteiger partial charge in [-0.05, 0) is 17.2 Å². The summed E-state index contributed by atoms with van der Waals surface area (Å²) < 4.78 is 0. The number of fused-ring (bicyclic) bond motifs is 4. The van der Waals surface area contributed by atoms with E-state index in [0.717, 1.165) is 27.7 Å². The summed E-state index contributed by atoms with van der Waals surface area (Å²) in [6.07, 6.45) is 0.464. The summed E-state index contributed by atoms with van der Waals surface area (Å²) in [5.41, 5.74) is 3.72. The van der Waals surface area contributed by atoms with Gasteiger partial charge in [-0.15, -0.1) is 0 Å². The highest BCUT2D eigenvalue weighted by Crippen LogP contribution is 2.40. The van der Waals surface area contributed by atoms with Gasteiger partial charge in [0.1, 0.15) is 6.04 Å². The van der Waals surface area contributed by atoms with Gasteiger partial charge in [0, 0.05) is 23.0 Å². The summed E-state index contributed by atoms with van der Waals surface area (Å²) >= 11 is 0. The number of aromatic amines is 1. The van der Waals surface area contributed by atoms with Crippen molar-refractivity contribution in [3.8, 4) is 0 Å². The maximum atomic E-state index is 13.1. The van der Waals surface area contributed by atoms with Crippen LogP contribution in [0.1, 0.15) is 22.9 Å². The number of nitrogens with one attached hydrogen (secondary N) is 1. The van der Waals surface area contributed by atoms with Crippen LogP contribution in [0.2, 0.25) is 0 Å². The second kappa shape index (κ2) is 5.96. The molecule has 3 heterocycles. The first-order chi connectivity index (χ1) is 13.2. The third kappa shape index (κ3) is 2.30. The van der Waals surface area contributed by atoms with E-state index in [0.29, 0.717) is 6.42 Å². The summed E-state index contributed by atoms with van der Waals surface area (Å²) in [6, 6.07) is 15.9. The maximum absolute atomic E-state index is 13.1. The van der Waals surface area contributed by atoms with Gasteiger partial charge >= 0.3 is 6.03 Å². The first-order valence-electron chi connectivity index (χ1n) is 9.07. The number of carbonyl (C=O) groups excluding carboxylic acids is 2. The fraction of sp³-hybridized carbons (Fsp3) is 0.238. The smallest absolute Gasteiger partial charge is 0.328 e. The van der Waals surface area contributed by atoms with Crippen LogP contribution >= 0.6 is 0 Å². The van der Waals surface area contributed by atoms with Crippen LogP contribution in [0, 0.1) is 0 Å². The van der Waals surface area contributed by atoms with E-state index in [2.05, 4.69) is 4.98 Å². The molecule has 0 bridgehead atoms. The molecule has 0 spiro atoms. The number of aliphatic hydroxyl groups is 1. The van der Waals surface area contributed by atoms with Gasteiger partial charge in [0.15, 0.2) is 0 Å². The summed E-state index contributed by atoms with van der Waals surface area (Å²) in [4.78, 5) is 32.3. The fourth-order valence-corrected chi connectivity index (χ4v) is 4.35. The third-order valence-corrected chi connectivity index (χ3v) is 5.61. The van der Waals surface area contributed by atoms with Crippen molar-refractivity contribution >= 4 is 22.8 Å². The van der Waals surface area contributed by atoms with Crippen LogP contribution in [0.5, 0.6) is 0 Å². The maximum Gasteiger partial charge on any atom is 0.328 e. The molecule has 3 aromatic rings. The number of urea groups is 1. The predicted molar refractivity (Wildman–Crippen MR) is 99.8 cm³/mol. The summed E-state index contributed by atoms with van der Waals surface area (Å²) in [6.45, 7) is 0.0207. The molecule has 6 heteroatoms. The number of carbonyl (C=O) groups is 2. The van der Waals surface area contributed by atoms with Crippen LogP contribution < -0.4 is 0 Å². The normalized spacial score (nSPS) is 21.7. The zero-order valence-corrected chi connectivity index (χ0v) is 14.6. The van der Waals surface area contributed by atoms with Crippen molar-refractivity contribution in [1.29, 1.82) is 0 Å². The van der Waals surface area contributed by atoms with Gasteiger partial charge in [0.25, 0.3) is 5.91 Å². The van der Waals surface area contributed by atoms with E-state index in [4.69, 9.17) is 0 Å². The molecule has 6 nitrogen and oxygen atoms in total. The van der Waals surface area contributed by atoms with Crippen molar-refractivity contribution in [2.24, 2.45) is 0 Å². The number of hydrogen-bond donors (Lipinski definition) is 2. The largest absolute Gasteiger partial charge is 0.394 e. The molecule has 2 unspecified atom stereocenters. The standard InChI is InChI=1S/C21H19N3O3/c25-12-18-19-15(14-8-4-5-9-16(14)22-19)10-17-20(26)23(21(27)24(17)18)11-13-6-2-1-3-7-13/h1-9,17-18,22,25H,10-12H2. The lowest BCUT2D eigenvalue weighted by molar-refractivity contribution is -0.129. The Morgan fingerprint density at radius 1 is 1.04 bits per heavy atom. The Kier molecular flexibility index (Phi) is 3.55. The lowest BCUT2D eigenvalue weighted by atomic mass is 9.93. The van der Waals surface area contributed by atoms with Crippen molar-refractivity contribution in [1.82, 2.24) is 14.8 Å². The van der Waals surface area contributed by atoms with Crippen LogP contribution in [0.4, 0.5) is 4.79 Å². The third-order valence-electron chi connectivity index (χ3n) is 5.61. The number of para-hydroxylation sites is 1. The molecule has 5 rings (SSSR count). The number of hydrogen-bond acceptors (Lipinski definition) is 3. The Hall–Kier alpha value is -3.12. The van der Waals surface area contributed by atoms with Crippen LogP contribution in [-0.2, 0) is 17.8 Å². The molecule has 3 amide bonds. The molecule has 1 aromatic heterocycles. The minimum Gasteiger partial charge on any atom is -0.394 e. The van der Waals surface area contributed by atoms with E-state index in [-0.39, 0.29) is 25.1 Å². The minimum absolute atomic E-state index is 0.196. The highest BCUT2D eigenvalue weighted by atomic mass is 16.3. The van der Waals surface area contributed by atoms with Crippen LogP contribution in [-0.4, -0.2) is 44.5 Å². The Balaban J connectivity index is 1.55. The van der Waals surface area contributed by atoms with E-state index in [9.17, 15) is 14.7 Å². The number of amides is 3. The second-order valence-electron chi connectivity index (χ2n) is 7.08. The Morgan fingerprint density at radius 3 is 2.56 bits per heavy atom.